The van der Waals surface area contributed by atoms with Crippen molar-refractivity contribution in [3.05, 3.63) is 36.5 Å². The van der Waals surface area contributed by atoms with Crippen LogP contribution >= 0.6 is 0 Å². The first-order chi connectivity index (χ1) is 15.3. The third-order valence-corrected chi connectivity index (χ3v) is 13.2. The summed E-state index contributed by atoms with van der Waals surface area (Å²) in [5.74, 6) is 4.52. The van der Waals surface area contributed by atoms with E-state index in [9.17, 15) is 0 Å². The summed E-state index contributed by atoms with van der Waals surface area (Å²) in [6, 6.07) is 0. The molecule has 6 aliphatic carbocycles. The molecule has 182 valence electrons. The van der Waals surface area contributed by atoms with Crippen molar-refractivity contribution in [3.63, 3.8) is 0 Å². The van der Waals surface area contributed by atoms with Gasteiger partial charge in [0.15, 0.2) is 0 Å². The molecule has 0 saturated heterocycles. The third-order valence-electron chi connectivity index (χ3n) is 13.2. The number of rotatable bonds is 2. The topological polar surface area (TPSA) is 26.0 Å². The second-order valence-electron chi connectivity index (χ2n) is 15.3. The molecule has 0 aliphatic heterocycles. The van der Waals surface area contributed by atoms with E-state index in [-0.39, 0.29) is 11.0 Å². The average Bonchev–Trinajstić information content (AvgIpc) is 2.97. The largest absolute Gasteiger partial charge is 0.325 e. The first-order valence-corrected chi connectivity index (χ1v) is 14.1. The highest BCUT2D eigenvalue weighted by atomic mass is 14.8. The van der Waals surface area contributed by atoms with Crippen molar-refractivity contribution in [2.75, 3.05) is 0 Å². The Morgan fingerprint density at radius 2 is 1.58 bits per heavy atom. The first-order valence-electron chi connectivity index (χ1n) is 14.1. The molecule has 6 fully saturated rings. The minimum Gasteiger partial charge on any atom is -0.325 e. The van der Waals surface area contributed by atoms with Gasteiger partial charge in [-0.05, 0) is 135 Å². The summed E-state index contributed by atoms with van der Waals surface area (Å²) in [6.07, 6.45) is 13.5. The van der Waals surface area contributed by atoms with Gasteiger partial charge < -0.3 is 5.73 Å². The van der Waals surface area contributed by atoms with Crippen molar-refractivity contribution in [1.29, 1.82) is 0 Å². The van der Waals surface area contributed by atoms with E-state index in [0.29, 0.717) is 28.1 Å². The molecule has 0 aromatic rings. The molecule has 1 nitrogen and oxygen atoms in total. The maximum atomic E-state index is 6.58. The van der Waals surface area contributed by atoms with Gasteiger partial charge in [0, 0.05) is 5.54 Å². The van der Waals surface area contributed by atoms with Crippen molar-refractivity contribution >= 4 is 0 Å². The lowest BCUT2D eigenvalue weighted by Crippen LogP contribution is -2.52. The molecule has 33 heavy (non-hydrogen) atoms. The highest BCUT2D eigenvalue weighted by Crippen LogP contribution is 2.88. The molecule has 0 heterocycles. The number of allylic oxidation sites excluding steroid dienone is 3. The minimum absolute atomic E-state index is 0.0417. The van der Waals surface area contributed by atoms with Crippen LogP contribution in [0.1, 0.15) is 98.8 Å². The van der Waals surface area contributed by atoms with Crippen LogP contribution < -0.4 is 5.73 Å². The minimum atomic E-state index is -0.0417. The lowest BCUT2D eigenvalue weighted by molar-refractivity contribution is -0.0650. The zero-order valence-electron chi connectivity index (χ0n) is 22.2. The van der Waals surface area contributed by atoms with E-state index in [2.05, 4.69) is 41.2 Å². The monoisotopic (exact) mass is 447 g/mol. The van der Waals surface area contributed by atoms with Crippen LogP contribution in [0.25, 0.3) is 0 Å². The van der Waals surface area contributed by atoms with Crippen LogP contribution in [0, 0.1) is 57.2 Å². The molecule has 2 N–H and O–H groups in total. The fraction of sp³-hybridized carbons (Fsp3) is 0.812. The maximum Gasteiger partial charge on any atom is 0.0125 e. The molecule has 9 atom stereocenters. The van der Waals surface area contributed by atoms with Crippen molar-refractivity contribution in [2.45, 2.75) is 104 Å². The van der Waals surface area contributed by atoms with Crippen LogP contribution in [-0.2, 0) is 0 Å². The SMILES string of the molecule is C=C1CC2C3CC(=C)C4C(C)(C)C(=C)CCC45CC35CCC2(C)C1C1CCC(C(C)(C)N)C1. The van der Waals surface area contributed by atoms with Gasteiger partial charge in [-0.1, -0.05) is 57.2 Å². The van der Waals surface area contributed by atoms with E-state index in [1.807, 2.05) is 0 Å². The van der Waals surface area contributed by atoms with Gasteiger partial charge >= 0.3 is 0 Å². The van der Waals surface area contributed by atoms with Crippen molar-refractivity contribution in [3.8, 4) is 0 Å². The first kappa shape index (κ1) is 22.6. The van der Waals surface area contributed by atoms with Gasteiger partial charge in [-0.3, -0.25) is 0 Å². The van der Waals surface area contributed by atoms with E-state index >= 15 is 0 Å². The number of nitrogens with two attached hydrogens (primary N) is 1. The molecule has 0 aromatic carbocycles. The zero-order valence-corrected chi connectivity index (χ0v) is 22.2. The molecule has 0 amide bonds. The molecule has 0 bridgehead atoms. The Kier molecular flexibility index (Phi) is 4.45. The number of hydrogen-bond acceptors (Lipinski definition) is 1. The fourth-order valence-corrected chi connectivity index (χ4v) is 11.7. The molecule has 2 spiro atoms. The van der Waals surface area contributed by atoms with E-state index in [4.69, 9.17) is 18.9 Å². The van der Waals surface area contributed by atoms with Crippen molar-refractivity contribution in [1.82, 2.24) is 0 Å². The molecule has 0 radical (unpaired) electrons. The van der Waals surface area contributed by atoms with Crippen LogP contribution in [-0.4, -0.2) is 5.54 Å². The van der Waals surface area contributed by atoms with Crippen LogP contribution in [0.3, 0.4) is 0 Å². The van der Waals surface area contributed by atoms with Gasteiger partial charge in [-0.25, -0.2) is 0 Å². The summed E-state index contributed by atoms with van der Waals surface area (Å²) in [4.78, 5) is 0. The fourth-order valence-electron chi connectivity index (χ4n) is 11.7. The standard InChI is InChI=1S/C32H49N/c1-19-15-24-25-16-20(2)27-28(4,5)21(3)11-12-32(27)18-31(25,32)14-13-30(24,8)26(19)22-9-10-23(17-22)29(6,7)33/h22-27H,1-3,9-18,33H2,4-8H3. The molecule has 6 aliphatic rings. The van der Waals surface area contributed by atoms with Crippen molar-refractivity contribution < 1.29 is 0 Å². The molecule has 9 unspecified atom stereocenters. The van der Waals surface area contributed by atoms with Crippen LogP contribution in [0.15, 0.2) is 36.5 Å². The molecule has 6 rings (SSSR count). The van der Waals surface area contributed by atoms with Crippen LogP contribution in [0.2, 0.25) is 0 Å². The predicted octanol–water partition coefficient (Wildman–Crippen LogP) is 8.08. The summed E-state index contributed by atoms with van der Waals surface area (Å²) in [6.45, 7) is 26.2. The second kappa shape index (κ2) is 6.48. The molecule has 1 heteroatoms. The zero-order chi connectivity index (χ0) is 23.8. The van der Waals surface area contributed by atoms with Crippen molar-refractivity contribution in [2.24, 2.45) is 62.9 Å². The highest BCUT2D eigenvalue weighted by Gasteiger charge is 2.80. The maximum absolute atomic E-state index is 6.58. The van der Waals surface area contributed by atoms with E-state index < -0.39 is 0 Å². The Morgan fingerprint density at radius 1 is 0.879 bits per heavy atom. The van der Waals surface area contributed by atoms with Gasteiger partial charge in [0.1, 0.15) is 0 Å². The summed E-state index contributed by atoms with van der Waals surface area (Å²) in [7, 11) is 0. The molecule has 6 saturated carbocycles. The Morgan fingerprint density at radius 3 is 2.24 bits per heavy atom. The smallest absolute Gasteiger partial charge is 0.0125 e. The van der Waals surface area contributed by atoms with E-state index in [1.165, 1.54) is 69.8 Å². The highest BCUT2D eigenvalue weighted by molar-refractivity contribution is 5.40. The van der Waals surface area contributed by atoms with Gasteiger partial charge in [-0.2, -0.15) is 0 Å². The summed E-state index contributed by atoms with van der Waals surface area (Å²) >= 11 is 0. The number of fused-ring (bicyclic) bond motifs is 2. The number of hydrogen-bond donors (Lipinski definition) is 1. The van der Waals surface area contributed by atoms with E-state index in [1.54, 1.807) is 11.1 Å². The molecule has 0 aromatic heterocycles. The Hall–Kier alpha value is -0.820. The molecular formula is C32H49N. The van der Waals surface area contributed by atoms with Gasteiger partial charge in [0.2, 0.25) is 0 Å². The summed E-state index contributed by atoms with van der Waals surface area (Å²) in [5, 5.41) is 0. The Bertz CT molecular complexity index is 931. The second-order valence-corrected chi connectivity index (χ2v) is 15.3. The lowest BCUT2D eigenvalue weighted by Gasteiger charge is -2.59. The summed E-state index contributed by atoms with van der Waals surface area (Å²) < 4.78 is 0. The van der Waals surface area contributed by atoms with E-state index in [0.717, 1.165) is 23.7 Å². The summed E-state index contributed by atoms with van der Waals surface area (Å²) in [5.41, 5.74) is 13.0. The van der Waals surface area contributed by atoms with Crippen LogP contribution in [0.4, 0.5) is 0 Å². The predicted molar refractivity (Wildman–Crippen MR) is 140 cm³/mol. The third kappa shape index (κ3) is 2.65. The average molecular weight is 448 g/mol. The van der Waals surface area contributed by atoms with Crippen LogP contribution in [0.5, 0.6) is 0 Å². The quantitative estimate of drug-likeness (QED) is 0.425. The van der Waals surface area contributed by atoms with Gasteiger partial charge in [0.25, 0.3) is 0 Å². The molecular weight excluding hydrogens is 398 g/mol. The Labute approximate surface area is 203 Å². The van der Waals surface area contributed by atoms with Gasteiger partial charge in [-0.15, -0.1) is 0 Å². The van der Waals surface area contributed by atoms with Gasteiger partial charge in [0.05, 0.1) is 0 Å². The lowest BCUT2D eigenvalue weighted by atomic mass is 9.45. The normalized spacial score (nSPS) is 52.7. The Balaban J connectivity index is 1.32.